The Bertz CT molecular complexity index is 952. The highest BCUT2D eigenvalue weighted by Gasteiger charge is 2.06. The molecular weight excluding hydrogens is 365 g/mol. The van der Waals surface area contributed by atoms with E-state index < -0.39 is 0 Å². The minimum atomic E-state index is -0.261. The molecule has 0 saturated heterocycles. The van der Waals surface area contributed by atoms with Crippen molar-refractivity contribution in [2.75, 3.05) is 5.32 Å². The zero-order chi connectivity index (χ0) is 20.5. The predicted octanol–water partition coefficient (Wildman–Crippen LogP) is 5.18. The Morgan fingerprint density at radius 3 is 2.24 bits per heavy atom. The maximum atomic E-state index is 12.9. The molecule has 1 amide bonds. The Balaban J connectivity index is 1.54. The normalized spacial score (nSPS) is 11.2. The molecule has 0 aliphatic rings. The molecule has 4 nitrogen and oxygen atoms in total. The highest BCUT2D eigenvalue weighted by Crippen LogP contribution is 2.11. The molecule has 0 heterocycles. The molecular formula is C24H24FN3O. The molecule has 3 aromatic carbocycles. The monoisotopic (exact) mass is 389 g/mol. The molecule has 0 atom stereocenters. The van der Waals surface area contributed by atoms with E-state index in [1.165, 1.54) is 17.7 Å². The van der Waals surface area contributed by atoms with E-state index in [1.54, 1.807) is 24.3 Å². The van der Waals surface area contributed by atoms with Gasteiger partial charge in [0.1, 0.15) is 5.82 Å². The summed E-state index contributed by atoms with van der Waals surface area (Å²) in [6, 6.07) is 23.6. The first kappa shape index (κ1) is 20.3. The van der Waals surface area contributed by atoms with E-state index in [1.807, 2.05) is 49.4 Å². The summed E-state index contributed by atoms with van der Waals surface area (Å²) in [5.74, 6) is -0.495. The van der Waals surface area contributed by atoms with Gasteiger partial charge in [-0.15, -0.1) is 0 Å². The van der Waals surface area contributed by atoms with Crippen molar-refractivity contribution in [3.05, 3.63) is 101 Å². The second kappa shape index (κ2) is 10.2. The topological polar surface area (TPSA) is 53.5 Å². The molecule has 3 aromatic rings. The van der Waals surface area contributed by atoms with Gasteiger partial charge in [0.25, 0.3) is 5.91 Å². The minimum Gasteiger partial charge on any atom is -0.381 e. The zero-order valence-electron chi connectivity index (χ0n) is 16.4. The van der Waals surface area contributed by atoms with E-state index in [0.29, 0.717) is 18.5 Å². The Morgan fingerprint density at radius 1 is 0.897 bits per heavy atom. The quantitative estimate of drug-likeness (QED) is 0.412. The number of carbonyl (C=O) groups excluding carboxylic acids is 1. The van der Waals surface area contributed by atoms with Gasteiger partial charge in [0.05, 0.1) is 0 Å². The number of hydrazone groups is 1. The first-order valence-corrected chi connectivity index (χ1v) is 9.62. The van der Waals surface area contributed by atoms with E-state index in [2.05, 4.69) is 15.8 Å². The van der Waals surface area contributed by atoms with Crippen LogP contribution in [0.3, 0.4) is 0 Å². The molecule has 0 aliphatic carbocycles. The van der Waals surface area contributed by atoms with Crippen LogP contribution in [0.1, 0.15) is 34.8 Å². The van der Waals surface area contributed by atoms with Crippen molar-refractivity contribution in [2.45, 2.75) is 26.3 Å². The van der Waals surface area contributed by atoms with Gasteiger partial charge in [0, 0.05) is 29.9 Å². The summed E-state index contributed by atoms with van der Waals surface area (Å²) in [7, 11) is 0. The van der Waals surface area contributed by atoms with Crippen LogP contribution in [0.5, 0.6) is 0 Å². The molecule has 0 aromatic heterocycles. The predicted molar refractivity (Wildman–Crippen MR) is 116 cm³/mol. The smallest absolute Gasteiger partial charge is 0.271 e. The number of carbonyl (C=O) groups is 1. The number of hydrogen-bond donors (Lipinski definition) is 2. The maximum Gasteiger partial charge on any atom is 0.271 e. The van der Waals surface area contributed by atoms with Crippen LogP contribution in [-0.4, -0.2) is 11.6 Å². The van der Waals surface area contributed by atoms with E-state index >= 15 is 0 Å². The Labute approximate surface area is 170 Å². The van der Waals surface area contributed by atoms with Gasteiger partial charge in [0.15, 0.2) is 0 Å². The van der Waals surface area contributed by atoms with Gasteiger partial charge >= 0.3 is 0 Å². The number of hydrogen-bond acceptors (Lipinski definition) is 3. The first-order chi connectivity index (χ1) is 14.1. The molecule has 0 aliphatic heterocycles. The molecule has 0 bridgehead atoms. The van der Waals surface area contributed by atoms with Crippen LogP contribution < -0.4 is 10.7 Å². The number of halogens is 1. The summed E-state index contributed by atoms with van der Waals surface area (Å²) in [6.07, 6.45) is 1.48. The van der Waals surface area contributed by atoms with Crippen LogP contribution in [0.4, 0.5) is 10.1 Å². The number of nitrogens with zero attached hydrogens (tertiary/aromatic N) is 1. The van der Waals surface area contributed by atoms with Crippen LogP contribution in [0.15, 0.2) is 84.0 Å². The third kappa shape index (κ3) is 6.28. The van der Waals surface area contributed by atoms with E-state index in [9.17, 15) is 9.18 Å². The van der Waals surface area contributed by atoms with E-state index in [4.69, 9.17) is 0 Å². The van der Waals surface area contributed by atoms with Crippen molar-refractivity contribution in [3.8, 4) is 0 Å². The van der Waals surface area contributed by atoms with Gasteiger partial charge in [-0.1, -0.05) is 49.4 Å². The molecule has 0 fully saturated rings. The summed E-state index contributed by atoms with van der Waals surface area (Å²) in [5.41, 5.74) is 7.15. The number of anilines is 1. The fourth-order valence-corrected chi connectivity index (χ4v) is 2.82. The van der Waals surface area contributed by atoms with E-state index in [-0.39, 0.29) is 11.7 Å². The lowest BCUT2D eigenvalue weighted by molar-refractivity contribution is 0.0954. The van der Waals surface area contributed by atoms with Crippen molar-refractivity contribution in [3.63, 3.8) is 0 Å². The second-order valence-electron chi connectivity index (χ2n) is 6.69. The summed E-state index contributed by atoms with van der Waals surface area (Å²) >= 11 is 0. The van der Waals surface area contributed by atoms with Crippen molar-refractivity contribution >= 4 is 17.3 Å². The van der Waals surface area contributed by atoms with Crippen LogP contribution >= 0.6 is 0 Å². The molecule has 5 heteroatoms. The van der Waals surface area contributed by atoms with Gasteiger partial charge < -0.3 is 5.32 Å². The number of benzene rings is 3. The Morgan fingerprint density at radius 2 is 1.59 bits per heavy atom. The average molecular weight is 389 g/mol. The molecule has 2 N–H and O–H groups in total. The van der Waals surface area contributed by atoms with E-state index in [0.717, 1.165) is 23.4 Å². The first-order valence-electron chi connectivity index (χ1n) is 9.62. The highest BCUT2D eigenvalue weighted by molar-refractivity contribution is 5.95. The Hall–Kier alpha value is -3.47. The molecule has 0 radical (unpaired) electrons. The third-order valence-electron chi connectivity index (χ3n) is 4.53. The van der Waals surface area contributed by atoms with Crippen molar-refractivity contribution in [1.82, 2.24) is 5.43 Å². The van der Waals surface area contributed by atoms with Crippen LogP contribution in [0, 0.1) is 5.82 Å². The SMILES string of the molecule is CC/C(Cc1ccccc1)=N/NC(=O)c1ccc(CNc2ccc(F)cc2)cc1. The fraction of sp³-hybridized carbons (Fsp3) is 0.167. The number of nitrogens with one attached hydrogen (secondary N) is 2. The van der Waals surface area contributed by atoms with Crippen molar-refractivity contribution < 1.29 is 9.18 Å². The maximum absolute atomic E-state index is 12.9. The summed E-state index contributed by atoms with van der Waals surface area (Å²) < 4.78 is 12.9. The summed E-state index contributed by atoms with van der Waals surface area (Å²) in [5, 5.41) is 7.51. The lowest BCUT2D eigenvalue weighted by Crippen LogP contribution is -2.20. The summed E-state index contributed by atoms with van der Waals surface area (Å²) in [6.45, 7) is 2.61. The zero-order valence-corrected chi connectivity index (χ0v) is 16.4. The molecule has 148 valence electrons. The number of rotatable bonds is 8. The highest BCUT2D eigenvalue weighted by atomic mass is 19.1. The molecule has 0 spiro atoms. The lowest BCUT2D eigenvalue weighted by atomic mass is 10.1. The largest absolute Gasteiger partial charge is 0.381 e. The fourth-order valence-electron chi connectivity index (χ4n) is 2.82. The average Bonchev–Trinajstić information content (AvgIpc) is 2.77. The Kier molecular flexibility index (Phi) is 7.11. The van der Waals surface area contributed by atoms with Crippen LogP contribution in [0.25, 0.3) is 0 Å². The molecule has 0 saturated carbocycles. The van der Waals surface area contributed by atoms with Crippen molar-refractivity contribution in [1.29, 1.82) is 0 Å². The van der Waals surface area contributed by atoms with Crippen molar-refractivity contribution in [2.24, 2.45) is 5.10 Å². The molecule has 0 unspecified atom stereocenters. The van der Waals surface area contributed by atoms with Crippen LogP contribution in [-0.2, 0) is 13.0 Å². The number of amides is 1. The summed E-state index contributed by atoms with van der Waals surface area (Å²) in [4.78, 5) is 12.4. The standard InChI is InChI=1S/C24H24FN3O/c1-2-22(16-18-6-4-3-5-7-18)27-28-24(29)20-10-8-19(9-11-20)17-26-23-14-12-21(25)13-15-23/h3-15,26H,2,16-17H2,1H3,(H,28,29)/b27-22-. The minimum absolute atomic E-state index is 0.234. The lowest BCUT2D eigenvalue weighted by Gasteiger charge is -2.08. The van der Waals surface area contributed by atoms with Gasteiger partial charge in [0.2, 0.25) is 0 Å². The molecule has 3 rings (SSSR count). The van der Waals surface area contributed by atoms with Gasteiger partial charge in [-0.05, 0) is 53.9 Å². The van der Waals surface area contributed by atoms with Gasteiger partial charge in [-0.3, -0.25) is 4.79 Å². The van der Waals surface area contributed by atoms with Crippen LogP contribution in [0.2, 0.25) is 0 Å². The molecule has 29 heavy (non-hydrogen) atoms. The second-order valence-corrected chi connectivity index (χ2v) is 6.69. The van der Waals surface area contributed by atoms with Gasteiger partial charge in [-0.2, -0.15) is 5.10 Å². The van der Waals surface area contributed by atoms with Gasteiger partial charge in [-0.25, -0.2) is 9.82 Å². The third-order valence-corrected chi connectivity index (χ3v) is 4.53.